The van der Waals surface area contributed by atoms with Gasteiger partial charge in [0, 0.05) is 16.5 Å². The number of rotatable bonds is 4. The zero-order valence-electron chi connectivity index (χ0n) is 17.7. The summed E-state index contributed by atoms with van der Waals surface area (Å²) in [6.07, 6.45) is 2.68. The Balaban J connectivity index is 1.93. The Morgan fingerprint density at radius 2 is 1.97 bits per heavy atom. The van der Waals surface area contributed by atoms with E-state index in [1.54, 1.807) is 24.3 Å². The van der Waals surface area contributed by atoms with Gasteiger partial charge in [0.1, 0.15) is 5.82 Å². The Bertz CT molecular complexity index is 1410. The Hall–Kier alpha value is -3.78. The Morgan fingerprint density at radius 3 is 2.59 bits per heavy atom. The molecule has 2 aromatic carbocycles. The van der Waals surface area contributed by atoms with Crippen LogP contribution in [0.15, 0.2) is 58.1 Å². The molecule has 0 unspecified atom stereocenters. The molecule has 0 radical (unpaired) electrons. The van der Waals surface area contributed by atoms with Crippen molar-refractivity contribution in [3.63, 3.8) is 0 Å². The lowest BCUT2D eigenvalue weighted by atomic mass is 9.86. The number of benzene rings is 2. The van der Waals surface area contributed by atoms with Crippen molar-refractivity contribution in [2.45, 2.75) is 32.8 Å². The van der Waals surface area contributed by atoms with Crippen LogP contribution in [0.25, 0.3) is 27.6 Å². The van der Waals surface area contributed by atoms with Crippen LogP contribution in [0.2, 0.25) is 0 Å². The molecule has 0 fully saturated rings. The molecule has 0 aliphatic carbocycles. The van der Waals surface area contributed by atoms with Gasteiger partial charge in [0.25, 0.3) is 5.56 Å². The van der Waals surface area contributed by atoms with Gasteiger partial charge in [-0.05, 0) is 40.8 Å². The highest BCUT2D eigenvalue weighted by Crippen LogP contribution is 2.31. The van der Waals surface area contributed by atoms with E-state index in [-0.39, 0.29) is 22.2 Å². The fourth-order valence-corrected chi connectivity index (χ4v) is 3.64. The lowest BCUT2D eigenvalue weighted by Gasteiger charge is -2.20. The summed E-state index contributed by atoms with van der Waals surface area (Å²) < 4.78 is 21.1. The van der Waals surface area contributed by atoms with Crippen LogP contribution < -0.4 is 5.56 Å². The first-order chi connectivity index (χ1) is 15.1. The van der Waals surface area contributed by atoms with Crippen molar-refractivity contribution in [1.29, 1.82) is 0 Å². The maximum absolute atomic E-state index is 15.0. The molecule has 0 aliphatic rings. The van der Waals surface area contributed by atoms with Gasteiger partial charge < -0.3 is 14.6 Å². The number of halogens is 1. The summed E-state index contributed by atoms with van der Waals surface area (Å²) in [5.41, 5.74) is 1.25. The van der Waals surface area contributed by atoms with Crippen LogP contribution in [0.5, 0.6) is 0 Å². The summed E-state index contributed by atoms with van der Waals surface area (Å²) in [6.45, 7) is 5.39. The van der Waals surface area contributed by atoms with Crippen LogP contribution in [0.3, 0.4) is 0 Å². The summed E-state index contributed by atoms with van der Waals surface area (Å²) in [4.78, 5) is 24.3. The van der Waals surface area contributed by atoms with Gasteiger partial charge in [-0.25, -0.2) is 9.18 Å². The number of hydrogen-bond donors (Lipinski definition) is 2. The van der Waals surface area contributed by atoms with Gasteiger partial charge in [-0.2, -0.15) is 9.78 Å². The summed E-state index contributed by atoms with van der Waals surface area (Å²) in [6, 6.07) is 9.30. The third-order valence-electron chi connectivity index (χ3n) is 5.36. The Kier molecular flexibility index (Phi) is 5.18. The zero-order valence-corrected chi connectivity index (χ0v) is 17.7. The Morgan fingerprint density at radius 1 is 1.22 bits per heavy atom. The number of aliphatic hydroxyl groups excluding tert-OH is 1. The number of carboxylic acids is 1. The van der Waals surface area contributed by atoms with Crippen LogP contribution in [0, 0.1) is 5.82 Å². The largest absolute Gasteiger partial charge is 0.475 e. The van der Waals surface area contributed by atoms with E-state index in [1.807, 2.05) is 20.8 Å². The summed E-state index contributed by atoms with van der Waals surface area (Å²) >= 11 is 0. The van der Waals surface area contributed by atoms with E-state index in [4.69, 9.17) is 9.52 Å². The molecule has 0 aliphatic heterocycles. The first-order valence-electron chi connectivity index (χ1n) is 9.89. The maximum atomic E-state index is 15.0. The lowest BCUT2D eigenvalue weighted by Crippen LogP contribution is -2.24. The van der Waals surface area contributed by atoms with Crippen molar-refractivity contribution >= 4 is 16.7 Å². The topological polar surface area (TPSA) is 106 Å². The van der Waals surface area contributed by atoms with Gasteiger partial charge in [-0.15, -0.1) is 0 Å². The van der Waals surface area contributed by atoms with E-state index >= 15 is 0 Å². The molecule has 4 aromatic rings. The summed E-state index contributed by atoms with van der Waals surface area (Å²) in [5, 5.41) is 23.7. The number of fused-ring (bicyclic) bond motifs is 1. The monoisotopic (exact) mass is 436 g/mol. The number of nitrogens with zero attached hydrogens (tertiary/aromatic N) is 2. The molecule has 0 saturated heterocycles. The quantitative estimate of drug-likeness (QED) is 0.495. The second-order valence-corrected chi connectivity index (χ2v) is 8.50. The predicted molar refractivity (Wildman–Crippen MR) is 117 cm³/mol. The van der Waals surface area contributed by atoms with E-state index in [0.717, 1.165) is 10.2 Å². The molecule has 2 aromatic heterocycles. The minimum absolute atomic E-state index is 0.0984. The first kappa shape index (κ1) is 21.5. The van der Waals surface area contributed by atoms with Crippen molar-refractivity contribution in [1.82, 2.24) is 9.78 Å². The molecular formula is C24H21FN2O5. The number of carbonyl (C=O) groups is 1. The van der Waals surface area contributed by atoms with Gasteiger partial charge in [0.05, 0.1) is 30.1 Å². The Labute approximate surface area is 182 Å². The average Bonchev–Trinajstić information content (AvgIpc) is 3.23. The summed E-state index contributed by atoms with van der Waals surface area (Å²) in [7, 11) is 0. The SMILES string of the molecule is CC(C)(C)c1cc(F)c2c(=O)n(-c3cccc(-c4coc(C(=O)O)c4)c3CO)ncc2c1. The smallest absolute Gasteiger partial charge is 0.371 e. The second kappa shape index (κ2) is 7.72. The maximum Gasteiger partial charge on any atom is 0.371 e. The van der Waals surface area contributed by atoms with Gasteiger partial charge in [0.15, 0.2) is 0 Å². The number of hydrogen-bond acceptors (Lipinski definition) is 5. The molecular weight excluding hydrogens is 415 g/mol. The highest BCUT2D eigenvalue weighted by molar-refractivity contribution is 5.87. The molecule has 0 spiro atoms. The van der Waals surface area contributed by atoms with E-state index in [1.165, 1.54) is 24.6 Å². The fraction of sp³-hybridized carbons (Fsp3) is 0.208. The van der Waals surface area contributed by atoms with Crippen LogP contribution in [-0.4, -0.2) is 26.0 Å². The lowest BCUT2D eigenvalue weighted by molar-refractivity contribution is 0.0662. The molecule has 7 nitrogen and oxygen atoms in total. The van der Waals surface area contributed by atoms with Crippen molar-refractivity contribution in [2.75, 3.05) is 0 Å². The van der Waals surface area contributed by atoms with Crippen molar-refractivity contribution in [3.8, 4) is 16.8 Å². The standard InChI is InChI=1S/C24H21FN2O5/c1-24(2,3)15-7-13-10-26-27(22(29)21(13)18(25)9-15)19-6-4-5-16(17(19)11-28)14-8-20(23(30)31)32-12-14/h4-10,12,28H,11H2,1-3H3,(H,30,31). The van der Waals surface area contributed by atoms with E-state index in [9.17, 15) is 19.1 Å². The van der Waals surface area contributed by atoms with Gasteiger partial charge >= 0.3 is 5.97 Å². The number of aliphatic hydroxyl groups is 1. The predicted octanol–water partition coefficient (Wildman–Crippen LogP) is 4.27. The highest BCUT2D eigenvalue weighted by atomic mass is 19.1. The van der Waals surface area contributed by atoms with Crippen molar-refractivity contribution in [3.05, 3.63) is 81.9 Å². The van der Waals surface area contributed by atoms with Gasteiger partial charge in [-0.1, -0.05) is 32.9 Å². The summed E-state index contributed by atoms with van der Waals surface area (Å²) in [5.74, 6) is -2.13. The van der Waals surface area contributed by atoms with Crippen LogP contribution in [0.1, 0.15) is 42.5 Å². The molecule has 0 saturated carbocycles. The minimum Gasteiger partial charge on any atom is -0.475 e. The molecule has 2 heterocycles. The van der Waals surface area contributed by atoms with E-state index < -0.39 is 24.0 Å². The molecule has 0 amide bonds. The van der Waals surface area contributed by atoms with Crippen LogP contribution in [0.4, 0.5) is 4.39 Å². The van der Waals surface area contributed by atoms with Crippen LogP contribution >= 0.6 is 0 Å². The molecule has 0 atom stereocenters. The van der Waals surface area contributed by atoms with Gasteiger partial charge in [0.2, 0.25) is 5.76 Å². The third kappa shape index (κ3) is 3.58. The number of carboxylic acid groups (broad SMARTS) is 1. The number of furan rings is 1. The molecule has 8 heteroatoms. The average molecular weight is 436 g/mol. The number of aromatic nitrogens is 2. The van der Waals surface area contributed by atoms with Crippen molar-refractivity contribution in [2.24, 2.45) is 0 Å². The molecule has 164 valence electrons. The van der Waals surface area contributed by atoms with Crippen LogP contribution in [-0.2, 0) is 12.0 Å². The van der Waals surface area contributed by atoms with Crippen molar-refractivity contribution < 1.29 is 23.8 Å². The van der Waals surface area contributed by atoms with E-state index in [2.05, 4.69) is 5.10 Å². The minimum atomic E-state index is -1.23. The van der Waals surface area contributed by atoms with E-state index in [0.29, 0.717) is 22.1 Å². The molecule has 0 bridgehead atoms. The normalized spacial score (nSPS) is 11.8. The molecule has 32 heavy (non-hydrogen) atoms. The number of aromatic carboxylic acids is 1. The second-order valence-electron chi connectivity index (χ2n) is 8.50. The molecule has 2 N–H and O–H groups in total. The zero-order chi connectivity index (χ0) is 23.2. The highest BCUT2D eigenvalue weighted by Gasteiger charge is 2.21. The first-order valence-corrected chi connectivity index (χ1v) is 9.89. The van der Waals surface area contributed by atoms with Gasteiger partial charge in [-0.3, -0.25) is 4.79 Å². The third-order valence-corrected chi connectivity index (χ3v) is 5.36. The fourth-order valence-electron chi connectivity index (χ4n) is 3.64. The molecule has 4 rings (SSSR count).